The summed E-state index contributed by atoms with van der Waals surface area (Å²) in [5.74, 6) is -1.08. The van der Waals surface area contributed by atoms with E-state index in [1.165, 1.54) is 22.7 Å². The molecular weight excluding hydrogens is 1200 g/mol. The summed E-state index contributed by atoms with van der Waals surface area (Å²) in [4.78, 5) is 27.5. The molecule has 444 valence electrons. The number of phenolic OH excluding ortho intramolecular Hbond substituents is 1. The van der Waals surface area contributed by atoms with Gasteiger partial charge < -0.3 is 28.3 Å². The van der Waals surface area contributed by atoms with Crippen LogP contribution in [0, 0.1) is 17.9 Å². The van der Waals surface area contributed by atoms with Gasteiger partial charge in [0.25, 0.3) is 9.84 Å². The second-order valence-corrected chi connectivity index (χ2v) is 25.1. The first-order valence-electron chi connectivity index (χ1n) is 28.5. The number of benzene rings is 8. The molecule has 13 nitrogen and oxygen atoms in total. The topological polar surface area (TPSA) is 163 Å². The number of fused-ring (bicyclic) bond motifs is 3. The zero-order valence-electron chi connectivity index (χ0n) is 48.3. The molecule has 90 heavy (non-hydrogen) atoms. The molecule has 0 unspecified atom stereocenters. The van der Waals surface area contributed by atoms with Crippen molar-refractivity contribution in [3.05, 3.63) is 238 Å². The molecule has 8 aromatic carbocycles. The molecule has 0 atom stereocenters. The highest BCUT2D eigenvalue weighted by Gasteiger charge is 2.46. The van der Waals surface area contributed by atoms with Gasteiger partial charge in [0.1, 0.15) is 56.2 Å². The highest BCUT2D eigenvalue weighted by molar-refractivity contribution is 7.92. The third-order valence-electron chi connectivity index (χ3n) is 15.5. The van der Waals surface area contributed by atoms with E-state index in [-0.39, 0.29) is 42.9 Å². The van der Waals surface area contributed by atoms with Crippen molar-refractivity contribution >= 4 is 116 Å². The summed E-state index contributed by atoms with van der Waals surface area (Å²) in [6.07, 6.45) is -0.0819. The minimum absolute atomic E-state index is 0.0161. The van der Waals surface area contributed by atoms with Crippen LogP contribution in [0.15, 0.2) is 206 Å². The fraction of sp³-hybridized carbons (Fsp3) is 0.116. The summed E-state index contributed by atoms with van der Waals surface area (Å²) in [5.41, 5.74) is 1.99. The Kier molecular flexibility index (Phi) is 17.0. The van der Waals surface area contributed by atoms with Crippen molar-refractivity contribution < 1.29 is 45.7 Å². The van der Waals surface area contributed by atoms with Gasteiger partial charge in [-0.3, -0.25) is 4.79 Å². The number of hydrogen-bond donors (Lipinski definition) is 1. The molecule has 0 bridgehead atoms. The molecular formula is C69H51B2F3N6O7S3. The van der Waals surface area contributed by atoms with Gasteiger partial charge in [0.05, 0.1) is 53.2 Å². The molecule has 0 amide bonds. The summed E-state index contributed by atoms with van der Waals surface area (Å²) >= 11 is 2.72. The molecule has 0 saturated carbocycles. The molecule has 21 heteroatoms. The lowest BCUT2D eigenvalue weighted by Gasteiger charge is -2.24. The number of halogens is 3. The van der Waals surface area contributed by atoms with Gasteiger partial charge in [-0.05, 0) is 96.8 Å². The van der Waals surface area contributed by atoms with Crippen molar-refractivity contribution in [2.45, 2.75) is 24.8 Å². The number of methoxy groups -OCH3 is 2. The first kappa shape index (κ1) is 60.1. The fourth-order valence-electron chi connectivity index (χ4n) is 11.5. The zero-order valence-corrected chi connectivity index (χ0v) is 50.7. The number of nitriles is 1. The van der Waals surface area contributed by atoms with Crippen LogP contribution in [0.1, 0.15) is 29.3 Å². The number of ether oxygens (including phenoxy) is 3. The predicted molar refractivity (Wildman–Crippen MR) is 352 cm³/mol. The lowest BCUT2D eigenvalue weighted by molar-refractivity contribution is -0.117. The van der Waals surface area contributed by atoms with Crippen molar-refractivity contribution in [2.24, 2.45) is 0 Å². The van der Waals surface area contributed by atoms with Gasteiger partial charge in [-0.2, -0.15) is 18.4 Å². The van der Waals surface area contributed by atoms with E-state index in [0.29, 0.717) is 82.3 Å². The molecule has 4 aromatic heterocycles. The minimum atomic E-state index is -5.61. The van der Waals surface area contributed by atoms with E-state index in [1.54, 1.807) is 38.5 Å². The van der Waals surface area contributed by atoms with Crippen LogP contribution in [-0.2, 0) is 14.6 Å². The first-order valence-corrected chi connectivity index (χ1v) is 31.7. The number of sulfone groups is 1. The van der Waals surface area contributed by atoms with Gasteiger partial charge in [0.15, 0.2) is 0 Å². The molecule has 0 fully saturated rings. The van der Waals surface area contributed by atoms with Crippen LogP contribution in [0.25, 0.3) is 69.8 Å². The van der Waals surface area contributed by atoms with E-state index in [4.69, 9.17) is 24.2 Å². The molecule has 0 aliphatic heterocycles. The van der Waals surface area contributed by atoms with Crippen molar-refractivity contribution in [3.8, 4) is 51.6 Å². The average Bonchev–Trinajstić information content (AvgIpc) is 1.52. The summed E-state index contributed by atoms with van der Waals surface area (Å²) in [6.45, 7) is 8.25. The number of aromatic nitrogens is 4. The first-order chi connectivity index (χ1) is 43.7. The number of alkyl halides is 3. The number of carbonyl (C=O) groups excluding carboxylic acids is 1. The largest absolute Gasteiger partial charge is 0.508 e. The van der Waals surface area contributed by atoms with Crippen molar-refractivity contribution in [1.82, 2.24) is 18.9 Å². The molecule has 12 rings (SSSR count). The quantitative estimate of drug-likeness (QED) is 0.0441. The number of carbonyl (C=O) groups is 1. The highest BCUT2D eigenvalue weighted by atomic mass is 32.2. The van der Waals surface area contributed by atoms with Gasteiger partial charge in [-0.15, -0.1) is 22.7 Å². The van der Waals surface area contributed by atoms with Crippen LogP contribution in [0.2, 0.25) is 0 Å². The van der Waals surface area contributed by atoms with E-state index in [9.17, 15) is 43.3 Å². The molecule has 0 saturated heterocycles. The number of aromatic hydroxyl groups is 1. The monoisotopic (exact) mass is 1250 g/mol. The molecule has 0 spiro atoms. The van der Waals surface area contributed by atoms with Crippen molar-refractivity contribution in [1.29, 1.82) is 5.26 Å². The van der Waals surface area contributed by atoms with Crippen LogP contribution in [0.3, 0.4) is 0 Å². The Morgan fingerprint density at radius 2 is 1.06 bits per heavy atom. The lowest BCUT2D eigenvalue weighted by Crippen LogP contribution is -2.54. The fourth-order valence-corrected chi connectivity index (χ4v) is 14.1. The Bertz CT molecular complexity index is 4810. The van der Waals surface area contributed by atoms with E-state index in [2.05, 4.69) is 19.9 Å². The van der Waals surface area contributed by atoms with Crippen LogP contribution >= 0.6 is 22.7 Å². The maximum atomic E-state index is 13.1. The van der Waals surface area contributed by atoms with E-state index >= 15 is 0 Å². The number of hydrogen-bond acceptors (Lipinski definition) is 12. The Balaban J connectivity index is 1.26. The average molecular weight is 1250 g/mol. The van der Waals surface area contributed by atoms with Crippen LogP contribution in [0.5, 0.6) is 23.0 Å². The smallest absolute Gasteiger partial charge is 0.497 e. The summed E-state index contributed by atoms with van der Waals surface area (Å²) in [7, 11) is -2.44. The minimum Gasteiger partial charge on any atom is -0.508 e. The number of phenols is 1. The van der Waals surface area contributed by atoms with Crippen LogP contribution in [0.4, 0.5) is 13.2 Å². The normalized spacial score (nSPS) is 12.3. The molecule has 0 radical (unpaired) electrons. The maximum absolute atomic E-state index is 13.1. The van der Waals surface area contributed by atoms with Crippen molar-refractivity contribution in [2.75, 3.05) is 26.6 Å². The van der Waals surface area contributed by atoms with Gasteiger partial charge in [0.2, 0.25) is 5.70 Å². The van der Waals surface area contributed by atoms with Gasteiger partial charge in [-0.1, -0.05) is 143 Å². The van der Waals surface area contributed by atoms with E-state index < -0.39 is 40.6 Å². The Morgan fingerprint density at radius 1 is 0.622 bits per heavy atom. The maximum Gasteiger partial charge on any atom is 0.497 e. The summed E-state index contributed by atoms with van der Waals surface area (Å²) < 4.78 is 86.3. The van der Waals surface area contributed by atoms with E-state index in [1.807, 2.05) is 182 Å². The lowest BCUT2D eigenvalue weighted by atomic mass is 9.50. The van der Waals surface area contributed by atoms with Crippen LogP contribution in [-0.4, -0.2) is 84.0 Å². The Morgan fingerprint density at radius 3 is 1.51 bits per heavy atom. The van der Waals surface area contributed by atoms with Crippen molar-refractivity contribution in [3.63, 3.8) is 0 Å². The SMILES string of the molecule is [C-]#[N+]/C(c1nc2cc(OC)ccc2s1)=c1\c2c(-c3ccc(O)cc3)n(B(c3ccccc3)c3ccccc3)/c(=C(/C#N)c3nc4cc(OC)ccc4s3)c2c(-c2ccc(OCCCCC(=O)CS(=O)(=O)C(F)(F)F)cc2)n1B(c1ccccc1)c1ccccc1. The number of nitrogens with zero attached hydrogens (tertiary/aromatic N) is 6. The zero-order chi connectivity index (χ0) is 62.7. The summed E-state index contributed by atoms with van der Waals surface area (Å²) in [6, 6.07) is 68.1. The van der Waals surface area contributed by atoms with Gasteiger partial charge >= 0.3 is 19.2 Å². The standard InChI is InChI=1S/C69H51B2F3N6O7S3/c1-76-62(68-78-57-41-54(86-3)36-38-59(57)89-68)66-61-60(63(80(66)71(48-22-12-6-13-23-48)49-24-14-7-15-25-49)45-29-33-52(34-30-45)87-39-17-16-26-51(82)43-90(83,84)69(72,73)74)65(55(42-75)67-77-56-40-53(85-2)35-37-58(56)88-67)79(64(61)44-27-31-50(81)32-28-44)70(46-18-8-4-9-19-46)47-20-10-5-11-21-47/h4-15,18-25,27-38,40-41,81H,16-17,26,39,43H2,2-3H3/b65-55-,66-62+. The highest BCUT2D eigenvalue weighted by Crippen LogP contribution is 2.40. The van der Waals surface area contributed by atoms with Crippen LogP contribution < -0.4 is 46.8 Å². The van der Waals surface area contributed by atoms with Gasteiger partial charge in [-0.25, -0.2) is 23.2 Å². The second-order valence-electron chi connectivity index (χ2n) is 21.1. The molecule has 1 N–H and O–H groups in total. The third kappa shape index (κ3) is 11.7. The number of ketones is 1. The third-order valence-corrected chi connectivity index (χ3v) is 19.0. The number of rotatable bonds is 20. The molecule has 12 aromatic rings. The van der Waals surface area contributed by atoms with E-state index in [0.717, 1.165) is 31.3 Å². The molecule has 0 aliphatic carbocycles. The number of unbranched alkanes of at least 4 members (excludes halogenated alkanes) is 1. The number of thiazole rings is 2. The van der Waals surface area contributed by atoms with Gasteiger partial charge in [0, 0.05) is 46.1 Å². The predicted octanol–water partition coefficient (Wildman–Crippen LogP) is 10.9. The Hall–Kier alpha value is -10.2. The molecule has 0 aliphatic rings. The Labute approximate surface area is 524 Å². The number of Topliss-reactive ketones (excluding diaryl/α,β-unsaturated/α-hetero) is 1. The summed E-state index contributed by atoms with van der Waals surface area (Å²) in [5, 5.41) is 26.4. The molecule has 4 heterocycles. The second kappa shape index (κ2) is 25.5.